The molecule has 1 aliphatic carbocycles. The molecule has 1 amide bonds. The van der Waals surface area contributed by atoms with Crippen LogP contribution >= 0.6 is 0 Å². The number of aliphatic hydroxyl groups excluding tert-OH is 5. The van der Waals surface area contributed by atoms with Gasteiger partial charge in [-0.2, -0.15) is 0 Å². The van der Waals surface area contributed by atoms with Crippen LogP contribution in [0.2, 0.25) is 0 Å². The highest BCUT2D eigenvalue weighted by molar-refractivity contribution is 5.76. The van der Waals surface area contributed by atoms with Crippen LogP contribution in [-0.2, 0) is 4.79 Å². The van der Waals surface area contributed by atoms with Gasteiger partial charge in [0, 0.05) is 19.4 Å². The highest BCUT2D eigenvalue weighted by Crippen LogP contribution is 2.17. The molecule has 0 aliphatic heterocycles. The molecule has 1 aliphatic rings. The smallest absolute Gasteiger partial charge is 0.220 e. The van der Waals surface area contributed by atoms with Crippen LogP contribution in [-0.4, -0.2) is 80.6 Å². The van der Waals surface area contributed by atoms with E-state index in [4.69, 9.17) is 0 Å². The molecule has 0 saturated carbocycles. The number of unbranched alkanes of at least 4 members (excludes halogenated alkanes) is 22. The molecule has 0 fully saturated rings. The van der Waals surface area contributed by atoms with Gasteiger partial charge in [0.05, 0.1) is 30.4 Å². The minimum absolute atomic E-state index is 0.132. The molecule has 7 unspecified atom stereocenters. The normalized spacial score (nSPS) is 21.6. The maximum Gasteiger partial charge on any atom is 0.220 e. The Balaban J connectivity index is 2.10. The molecule has 0 aromatic rings. The van der Waals surface area contributed by atoms with Crippen molar-refractivity contribution < 1.29 is 30.3 Å². The van der Waals surface area contributed by atoms with Crippen molar-refractivity contribution >= 4 is 5.91 Å². The molecule has 0 aromatic heterocycles. The molecule has 0 saturated heterocycles. The zero-order valence-corrected chi connectivity index (χ0v) is 31.8. The van der Waals surface area contributed by atoms with Crippen molar-refractivity contribution in [2.24, 2.45) is 0 Å². The Labute approximate surface area is 301 Å². The molecule has 7 atom stereocenters. The lowest BCUT2D eigenvalue weighted by Gasteiger charge is -2.32. The number of aliphatic hydroxyl groups is 5. The minimum atomic E-state index is -1.29. The van der Waals surface area contributed by atoms with E-state index in [1.165, 1.54) is 128 Å². The van der Waals surface area contributed by atoms with Gasteiger partial charge in [-0.15, -0.1) is 0 Å². The quantitative estimate of drug-likeness (QED) is 0.0281. The predicted octanol–water partition coefficient (Wildman–Crippen LogP) is 7.77. The number of carbonyl (C=O) groups excluding carboxylic acids is 1. The second-order valence-electron chi connectivity index (χ2n) is 15.1. The van der Waals surface area contributed by atoms with Crippen molar-refractivity contribution in [1.82, 2.24) is 10.6 Å². The highest BCUT2D eigenvalue weighted by Gasteiger charge is 2.32. The van der Waals surface area contributed by atoms with E-state index in [1.807, 2.05) is 13.0 Å². The first-order chi connectivity index (χ1) is 23.8. The van der Waals surface area contributed by atoms with E-state index in [1.54, 1.807) is 6.08 Å². The van der Waals surface area contributed by atoms with E-state index in [9.17, 15) is 30.3 Å². The summed E-state index contributed by atoms with van der Waals surface area (Å²) >= 11 is 0. The van der Waals surface area contributed by atoms with Gasteiger partial charge in [-0.25, -0.2) is 0 Å². The molecule has 1 rings (SSSR count). The first kappa shape index (κ1) is 46.0. The molecule has 0 heterocycles. The number of amides is 1. The highest BCUT2D eigenvalue weighted by atomic mass is 16.4. The van der Waals surface area contributed by atoms with Crippen molar-refractivity contribution in [3.8, 4) is 0 Å². The molecule has 0 bridgehead atoms. The number of allylic oxidation sites excluding steroid dienone is 1. The van der Waals surface area contributed by atoms with Crippen molar-refractivity contribution in [2.75, 3.05) is 6.54 Å². The Bertz CT molecular complexity index is 783. The minimum Gasteiger partial charge on any atom is -0.393 e. The second-order valence-corrected chi connectivity index (χ2v) is 15.1. The molecule has 7 N–H and O–H groups in total. The molecule has 290 valence electrons. The lowest BCUT2D eigenvalue weighted by Crippen LogP contribution is -2.56. The Morgan fingerprint density at radius 3 is 1.57 bits per heavy atom. The third-order valence-electron chi connectivity index (χ3n) is 10.5. The van der Waals surface area contributed by atoms with Gasteiger partial charge in [-0.05, 0) is 25.7 Å². The summed E-state index contributed by atoms with van der Waals surface area (Å²) in [7, 11) is 0. The van der Waals surface area contributed by atoms with Crippen LogP contribution < -0.4 is 10.6 Å². The molecule has 8 nitrogen and oxygen atoms in total. The Hall–Kier alpha value is -1.03. The van der Waals surface area contributed by atoms with E-state index < -0.39 is 42.6 Å². The van der Waals surface area contributed by atoms with Gasteiger partial charge in [-0.3, -0.25) is 4.79 Å². The average Bonchev–Trinajstić information content (AvgIpc) is 3.09. The largest absolute Gasteiger partial charge is 0.393 e. The number of rotatable bonds is 32. The fourth-order valence-electron chi connectivity index (χ4n) is 6.93. The topological polar surface area (TPSA) is 142 Å². The van der Waals surface area contributed by atoms with E-state index >= 15 is 0 Å². The number of nitrogens with one attached hydrogen (secondary N) is 2. The summed E-state index contributed by atoms with van der Waals surface area (Å²) in [6.45, 7) is 4.27. The summed E-state index contributed by atoms with van der Waals surface area (Å²) in [5.41, 5.74) is 0. The van der Waals surface area contributed by atoms with Crippen LogP contribution in [0, 0.1) is 0 Å². The van der Waals surface area contributed by atoms with E-state index in [0.717, 1.165) is 19.3 Å². The van der Waals surface area contributed by atoms with Gasteiger partial charge >= 0.3 is 0 Å². The summed E-state index contributed by atoms with van der Waals surface area (Å²) in [5.74, 6) is -0.135. The van der Waals surface area contributed by atoms with E-state index in [2.05, 4.69) is 17.6 Å². The van der Waals surface area contributed by atoms with E-state index in [0.29, 0.717) is 25.7 Å². The van der Waals surface area contributed by atoms with Crippen LogP contribution in [0.5, 0.6) is 0 Å². The van der Waals surface area contributed by atoms with Gasteiger partial charge in [0.15, 0.2) is 0 Å². The fraction of sp³-hybridized carbons (Fsp3) is 0.927. The summed E-state index contributed by atoms with van der Waals surface area (Å²) < 4.78 is 0. The first-order valence-electron chi connectivity index (χ1n) is 20.9. The Kier molecular flexibility index (Phi) is 29.7. The molecular formula is C41H80N2O6. The van der Waals surface area contributed by atoms with Crippen molar-refractivity contribution in [2.45, 2.75) is 236 Å². The maximum atomic E-state index is 12.8. The first-order valence-corrected chi connectivity index (χ1v) is 20.9. The number of hydrogen-bond donors (Lipinski definition) is 7. The van der Waals surface area contributed by atoms with Crippen LogP contribution in [0.3, 0.4) is 0 Å². The third kappa shape index (κ3) is 24.7. The third-order valence-corrected chi connectivity index (χ3v) is 10.5. The zero-order valence-electron chi connectivity index (χ0n) is 31.8. The van der Waals surface area contributed by atoms with Crippen LogP contribution in [0.1, 0.15) is 194 Å². The number of hydrogen-bond acceptors (Lipinski definition) is 7. The Morgan fingerprint density at radius 1 is 0.673 bits per heavy atom. The molecular weight excluding hydrogens is 616 g/mol. The lowest BCUT2D eigenvalue weighted by atomic mass is 9.94. The number of carbonyl (C=O) groups is 1. The molecule has 49 heavy (non-hydrogen) atoms. The van der Waals surface area contributed by atoms with Gasteiger partial charge in [0.25, 0.3) is 0 Å². The van der Waals surface area contributed by atoms with Crippen molar-refractivity contribution in [1.29, 1.82) is 0 Å². The van der Waals surface area contributed by atoms with Gasteiger partial charge in [0.1, 0.15) is 12.2 Å². The summed E-state index contributed by atoms with van der Waals surface area (Å²) in [6, 6.07) is -1.30. The maximum absolute atomic E-state index is 12.8. The van der Waals surface area contributed by atoms with Crippen molar-refractivity contribution in [3.05, 3.63) is 12.2 Å². The zero-order chi connectivity index (χ0) is 36.0. The van der Waals surface area contributed by atoms with Gasteiger partial charge in [0.2, 0.25) is 5.91 Å². The second kappa shape index (κ2) is 31.7. The monoisotopic (exact) mass is 697 g/mol. The summed E-state index contributed by atoms with van der Waals surface area (Å²) in [5, 5.41) is 57.9. The fourth-order valence-corrected chi connectivity index (χ4v) is 6.93. The molecule has 8 heteroatoms. The SMILES string of the molecule is CCCCCCCCCCCCCCCCCCCCCCCCCC(=O)NC(CNC1C=CCCC(O)C(O)C1O)C(O)CC(O)CC. The van der Waals surface area contributed by atoms with Gasteiger partial charge in [-0.1, -0.05) is 167 Å². The predicted molar refractivity (Wildman–Crippen MR) is 204 cm³/mol. The lowest BCUT2D eigenvalue weighted by molar-refractivity contribution is -0.123. The van der Waals surface area contributed by atoms with Crippen molar-refractivity contribution in [3.63, 3.8) is 0 Å². The van der Waals surface area contributed by atoms with E-state index in [-0.39, 0.29) is 18.9 Å². The summed E-state index contributed by atoms with van der Waals surface area (Å²) in [6.07, 6.45) is 31.0. The van der Waals surface area contributed by atoms with Crippen LogP contribution in [0.4, 0.5) is 0 Å². The van der Waals surface area contributed by atoms with Gasteiger partial charge < -0.3 is 36.2 Å². The average molecular weight is 697 g/mol. The molecule has 0 aromatic carbocycles. The Morgan fingerprint density at radius 2 is 1.12 bits per heavy atom. The molecule has 0 spiro atoms. The van der Waals surface area contributed by atoms with Crippen LogP contribution in [0.25, 0.3) is 0 Å². The summed E-state index contributed by atoms with van der Waals surface area (Å²) in [4.78, 5) is 12.8. The standard InChI is InChI=1S/C41H80N2O6/c1-3-5-6-7-8-9-10-11-12-13-14-15-16-17-18-19-20-21-22-23-24-25-26-31-39(47)43-36(38(46)32-34(44)4-2)33-42-35-29-27-28-30-37(45)41(49)40(35)48/h27,29,34-38,40-42,44-46,48-49H,3-26,28,30-33H2,1-2H3,(H,43,47). The van der Waals surface area contributed by atoms with Crippen LogP contribution in [0.15, 0.2) is 12.2 Å². The molecule has 0 radical (unpaired) electrons.